The number of aromatic amines is 1. The molecule has 21 heavy (non-hydrogen) atoms. The van der Waals surface area contributed by atoms with Crippen molar-refractivity contribution in [3.63, 3.8) is 0 Å². The van der Waals surface area contributed by atoms with Crippen molar-refractivity contribution in [2.75, 3.05) is 0 Å². The van der Waals surface area contributed by atoms with Gasteiger partial charge in [-0.05, 0) is 30.9 Å². The van der Waals surface area contributed by atoms with Gasteiger partial charge in [-0.1, -0.05) is 30.4 Å². The minimum absolute atomic E-state index is 0.320. The Balaban J connectivity index is 1.91. The molecule has 2 nitrogen and oxygen atoms in total. The third-order valence-electron chi connectivity index (χ3n) is 3.63. The normalized spacial score (nSPS) is 14.2. The summed E-state index contributed by atoms with van der Waals surface area (Å²) in [4.78, 5) is 7.52. The Morgan fingerprint density at radius 2 is 2.05 bits per heavy atom. The molecule has 0 saturated heterocycles. The Morgan fingerprint density at radius 3 is 2.81 bits per heavy atom. The molecule has 0 spiro atoms. The summed E-state index contributed by atoms with van der Waals surface area (Å²) in [5.41, 5.74) is 2.09. The van der Waals surface area contributed by atoms with Gasteiger partial charge < -0.3 is 4.98 Å². The van der Waals surface area contributed by atoms with Crippen LogP contribution in [0.25, 0.3) is 0 Å². The highest BCUT2D eigenvalue weighted by Gasteiger charge is 2.30. The highest BCUT2D eigenvalue weighted by Crippen LogP contribution is 2.30. The number of nitrogens with one attached hydrogen (secondary N) is 1. The maximum atomic E-state index is 12.7. The van der Waals surface area contributed by atoms with Gasteiger partial charge in [-0.15, -0.1) is 0 Å². The van der Waals surface area contributed by atoms with Crippen LogP contribution in [0.15, 0.2) is 24.3 Å². The van der Waals surface area contributed by atoms with E-state index < -0.39 is 11.7 Å². The van der Waals surface area contributed by atoms with Gasteiger partial charge >= 0.3 is 6.18 Å². The van der Waals surface area contributed by atoms with E-state index in [2.05, 4.69) is 9.97 Å². The summed E-state index contributed by atoms with van der Waals surface area (Å²) in [7, 11) is 0. The molecule has 0 unspecified atom stereocenters. The predicted octanol–water partition coefficient (Wildman–Crippen LogP) is 4.24. The van der Waals surface area contributed by atoms with E-state index in [1.54, 1.807) is 6.07 Å². The molecule has 1 aliphatic carbocycles. The molecule has 0 bridgehead atoms. The molecule has 0 saturated carbocycles. The Morgan fingerprint density at radius 1 is 1.24 bits per heavy atom. The van der Waals surface area contributed by atoms with Crippen molar-refractivity contribution >= 4 is 12.2 Å². The van der Waals surface area contributed by atoms with Crippen molar-refractivity contribution in [3.05, 3.63) is 57.1 Å². The van der Waals surface area contributed by atoms with Crippen LogP contribution in [0.3, 0.4) is 0 Å². The second kappa shape index (κ2) is 5.26. The second-order valence-electron chi connectivity index (χ2n) is 5.17. The topological polar surface area (TPSA) is 28.7 Å². The quantitative estimate of drug-likeness (QED) is 0.841. The first-order valence-corrected chi connectivity index (χ1v) is 7.11. The molecule has 6 heteroatoms. The maximum Gasteiger partial charge on any atom is 0.416 e. The number of alkyl halides is 3. The molecule has 3 rings (SSSR count). The zero-order valence-electron chi connectivity index (χ0n) is 11.1. The van der Waals surface area contributed by atoms with Crippen LogP contribution in [0.1, 0.15) is 34.6 Å². The van der Waals surface area contributed by atoms with Gasteiger partial charge in [-0.3, -0.25) is 0 Å². The van der Waals surface area contributed by atoms with E-state index in [-0.39, 0.29) is 0 Å². The first kappa shape index (κ1) is 14.3. The van der Waals surface area contributed by atoms with E-state index in [0.29, 0.717) is 22.4 Å². The minimum Gasteiger partial charge on any atom is -0.347 e. The Labute approximate surface area is 125 Å². The van der Waals surface area contributed by atoms with Gasteiger partial charge in [-0.2, -0.15) is 13.2 Å². The minimum atomic E-state index is -4.33. The fourth-order valence-electron chi connectivity index (χ4n) is 2.64. The van der Waals surface area contributed by atoms with Crippen LogP contribution in [0, 0.1) is 4.64 Å². The van der Waals surface area contributed by atoms with Crippen LogP contribution >= 0.6 is 12.2 Å². The summed E-state index contributed by atoms with van der Waals surface area (Å²) in [5.74, 6) is 0.625. The van der Waals surface area contributed by atoms with Crippen molar-refractivity contribution in [1.29, 1.82) is 0 Å². The van der Waals surface area contributed by atoms with Crippen molar-refractivity contribution in [2.45, 2.75) is 31.9 Å². The van der Waals surface area contributed by atoms with E-state index in [9.17, 15) is 13.2 Å². The first-order chi connectivity index (χ1) is 9.93. The number of nitrogens with zero attached hydrogens (tertiary/aromatic N) is 1. The number of hydrogen-bond donors (Lipinski definition) is 1. The summed E-state index contributed by atoms with van der Waals surface area (Å²) in [6.07, 6.45) is -1.10. The second-order valence-corrected chi connectivity index (χ2v) is 5.56. The van der Waals surface area contributed by atoms with Crippen LogP contribution in [0.4, 0.5) is 13.2 Å². The highest BCUT2D eigenvalue weighted by molar-refractivity contribution is 7.71. The molecule has 0 amide bonds. The average Bonchev–Trinajstić information content (AvgIpc) is 2.87. The Kier molecular flexibility index (Phi) is 3.57. The first-order valence-electron chi connectivity index (χ1n) is 6.70. The highest BCUT2D eigenvalue weighted by atomic mass is 32.1. The summed E-state index contributed by atoms with van der Waals surface area (Å²) in [6, 6.07) is 5.31. The number of halogens is 3. The summed E-state index contributed by atoms with van der Waals surface area (Å²) in [5, 5.41) is 0. The van der Waals surface area contributed by atoms with Crippen LogP contribution in [-0.2, 0) is 25.4 Å². The molecule has 0 aliphatic heterocycles. The number of benzene rings is 1. The van der Waals surface area contributed by atoms with Crippen LogP contribution in [0.2, 0.25) is 0 Å². The standard InChI is InChI=1S/C15H13F3N2S/c16-15(17,18)10-4-1-3-9(7-10)8-13-19-12-6-2-5-11(12)14(21)20-13/h1,3-4,7H,2,5-6,8H2,(H,19,20,21). The SMILES string of the molecule is FC(F)(F)c1cccc(Cc2nc(=S)c3c([nH]2)CCC3)c1. The Bertz CT molecular complexity index is 734. The summed E-state index contributed by atoms with van der Waals surface area (Å²) >= 11 is 5.26. The smallest absolute Gasteiger partial charge is 0.347 e. The fourth-order valence-corrected chi connectivity index (χ4v) is 2.98. The van der Waals surface area contributed by atoms with Gasteiger partial charge in [0.25, 0.3) is 0 Å². The molecule has 1 heterocycles. The lowest BCUT2D eigenvalue weighted by Gasteiger charge is -2.09. The van der Waals surface area contributed by atoms with E-state index in [4.69, 9.17) is 12.2 Å². The monoisotopic (exact) mass is 310 g/mol. The van der Waals surface area contributed by atoms with Crippen molar-refractivity contribution in [2.24, 2.45) is 0 Å². The van der Waals surface area contributed by atoms with Gasteiger partial charge in [0.1, 0.15) is 10.5 Å². The van der Waals surface area contributed by atoms with E-state index in [1.165, 1.54) is 6.07 Å². The zero-order valence-corrected chi connectivity index (χ0v) is 11.9. The summed E-state index contributed by atoms with van der Waals surface area (Å²) < 4.78 is 38.7. The van der Waals surface area contributed by atoms with Gasteiger partial charge in [0.2, 0.25) is 0 Å². The molecule has 2 aromatic rings. The third-order valence-corrected chi connectivity index (χ3v) is 3.97. The van der Waals surface area contributed by atoms with Crippen LogP contribution in [0.5, 0.6) is 0 Å². The lowest BCUT2D eigenvalue weighted by atomic mass is 10.1. The van der Waals surface area contributed by atoms with Gasteiger partial charge in [0.05, 0.1) is 5.56 Å². The van der Waals surface area contributed by atoms with E-state index in [0.717, 1.165) is 42.7 Å². The van der Waals surface area contributed by atoms with E-state index in [1.807, 2.05) is 0 Å². The number of aromatic nitrogens is 2. The Hall–Kier alpha value is -1.69. The zero-order chi connectivity index (χ0) is 15.0. The molecule has 1 aromatic carbocycles. The maximum absolute atomic E-state index is 12.7. The van der Waals surface area contributed by atoms with Crippen molar-refractivity contribution in [1.82, 2.24) is 9.97 Å². The summed E-state index contributed by atoms with van der Waals surface area (Å²) in [6.45, 7) is 0. The van der Waals surface area contributed by atoms with Crippen molar-refractivity contribution < 1.29 is 13.2 Å². The van der Waals surface area contributed by atoms with Crippen molar-refractivity contribution in [3.8, 4) is 0 Å². The van der Waals surface area contributed by atoms with Gasteiger partial charge in [0.15, 0.2) is 0 Å². The third kappa shape index (κ3) is 3.00. The molecular formula is C15H13F3N2S. The average molecular weight is 310 g/mol. The molecule has 110 valence electrons. The predicted molar refractivity (Wildman–Crippen MR) is 75.7 cm³/mol. The fraction of sp³-hybridized carbons (Fsp3) is 0.333. The van der Waals surface area contributed by atoms with Gasteiger partial charge in [0, 0.05) is 17.7 Å². The number of rotatable bonds is 2. The number of fused-ring (bicyclic) bond motifs is 1. The number of H-pyrrole nitrogens is 1. The van der Waals surface area contributed by atoms with Crippen LogP contribution in [-0.4, -0.2) is 9.97 Å². The van der Waals surface area contributed by atoms with Gasteiger partial charge in [-0.25, -0.2) is 4.98 Å². The lowest BCUT2D eigenvalue weighted by molar-refractivity contribution is -0.137. The molecule has 1 N–H and O–H groups in total. The largest absolute Gasteiger partial charge is 0.416 e. The molecule has 0 atom stereocenters. The molecule has 0 fully saturated rings. The lowest BCUT2D eigenvalue weighted by Crippen LogP contribution is -2.06. The number of hydrogen-bond acceptors (Lipinski definition) is 2. The number of aryl methyl sites for hydroxylation is 1. The van der Waals surface area contributed by atoms with Crippen LogP contribution < -0.4 is 0 Å². The molecular weight excluding hydrogens is 297 g/mol. The molecule has 0 radical (unpaired) electrons. The molecule has 1 aromatic heterocycles. The van der Waals surface area contributed by atoms with E-state index >= 15 is 0 Å². The molecule has 1 aliphatic rings.